The van der Waals surface area contributed by atoms with Crippen molar-refractivity contribution in [1.29, 1.82) is 0 Å². The highest BCUT2D eigenvalue weighted by Gasteiger charge is 1.98. The summed E-state index contributed by atoms with van der Waals surface area (Å²) in [5, 5.41) is 23.3. The highest BCUT2D eigenvalue weighted by molar-refractivity contribution is 5.66. The summed E-state index contributed by atoms with van der Waals surface area (Å²) in [6.07, 6.45) is 5.19. The number of hydrogen-bond acceptors (Lipinski definition) is 4. The Bertz CT molecular complexity index is 164. The van der Waals surface area contributed by atoms with Gasteiger partial charge in [-0.1, -0.05) is 40.5 Å². The van der Waals surface area contributed by atoms with E-state index in [1.807, 2.05) is 13.8 Å². The first kappa shape index (κ1) is 24.4. The molecule has 0 saturated carbocycles. The predicted molar refractivity (Wildman–Crippen MR) is 81.9 cm³/mol. The van der Waals surface area contributed by atoms with Crippen LogP contribution in [0.2, 0.25) is 0 Å². The Morgan fingerprint density at radius 3 is 1.55 bits per heavy atom. The van der Waals surface area contributed by atoms with Crippen molar-refractivity contribution in [2.45, 2.75) is 59.8 Å². The van der Waals surface area contributed by atoms with E-state index in [0.717, 1.165) is 13.2 Å². The molecule has 0 heterocycles. The van der Waals surface area contributed by atoms with Crippen LogP contribution in [0, 0.1) is 5.92 Å². The summed E-state index contributed by atoms with van der Waals surface area (Å²) in [7, 11) is 0. The summed E-state index contributed by atoms with van der Waals surface area (Å²) < 4.78 is 5.31. The topological polar surface area (TPSA) is 87.0 Å². The van der Waals surface area contributed by atoms with Gasteiger partial charge in [0.05, 0.1) is 13.2 Å². The molecule has 3 N–H and O–H groups in total. The summed E-state index contributed by atoms with van der Waals surface area (Å²) >= 11 is 0. The van der Waals surface area contributed by atoms with Crippen molar-refractivity contribution in [2.24, 2.45) is 5.92 Å². The van der Waals surface area contributed by atoms with Crippen LogP contribution in [-0.2, 0) is 9.53 Å². The molecule has 0 aliphatic heterocycles. The summed E-state index contributed by atoms with van der Waals surface area (Å²) in [4.78, 5) is 9.81. The molecule has 0 amide bonds. The van der Waals surface area contributed by atoms with E-state index in [2.05, 4.69) is 13.8 Å². The monoisotopic (exact) mass is 294 g/mol. The van der Waals surface area contributed by atoms with Crippen molar-refractivity contribution in [1.82, 2.24) is 0 Å². The first-order chi connectivity index (χ1) is 9.45. The predicted octanol–water partition coefficient (Wildman–Crippen LogP) is 2.69. The number of unbranched alkanes of at least 4 members (excludes halogenated alkanes) is 2. The molecule has 0 rings (SSSR count). The molecule has 0 unspecified atom stereocenters. The number of aliphatic hydroxyl groups is 2. The summed E-state index contributed by atoms with van der Waals surface area (Å²) in [5.41, 5.74) is 0. The molecule has 124 valence electrons. The van der Waals surface area contributed by atoms with Gasteiger partial charge in [-0.15, -0.1) is 0 Å². The van der Waals surface area contributed by atoms with Gasteiger partial charge in [0, 0.05) is 19.6 Å². The van der Waals surface area contributed by atoms with Crippen LogP contribution in [0.3, 0.4) is 0 Å². The Balaban J connectivity index is -0.000000234. The molecule has 0 saturated heterocycles. The standard InChI is InChI=1S/C8H18O.C5H10O2.C2H6O2/c1-3-5-7-9-8-6-4-2;1-4(2)3-5(6)7;3-1-2-4/h3-8H2,1-2H3;4H,3H2,1-2H3,(H,6,7);3-4H,1-2H2. The van der Waals surface area contributed by atoms with Crippen LogP contribution in [0.25, 0.3) is 0 Å². The lowest BCUT2D eigenvalue weighted by Gasteiger charge is -1.99. The molecule has 0 aliphatic rings. The van der Waals surface area contributed by atoms with Crippen LogP contribution in [0.4, 0.5) is 0 Å². The fraction of sp³-hybridized carbons (Fsp3) is 0.933. The van der Waals surface area contributed by atoms with Gasteiger partial charge in [-0.25, -0.2) is 0 Å². The van der Waals surface area contributed by atoms with Crippen molar-refractivity contribution in [3.05, 3.63) is 0 Å². The molecule has 0 aromatic rings. The van der Waals surface area contributed by atoms with E-state index in [0.29, 0.717) is 0 Å². The molecule has 0 fully saturated rings. The Morgan fingerprint density at radius 2 is 1.40 bits per heavy atom. The largest absolute Gasteiger partial charge is 0.481 e. The maximum Gasteiger partial charge on any atom is 0.303 e. The molecule has 5 nitrogen and oxygen atoms in total. The average Bonchev–Trinajstić information content (AvgIpc) is 2.38. The molecule has 0 aromatic heterocycles. The molecule has 0 aliphatic carbocycles. The highest BCUT2D eigenvalue weighted by atomic mass is 16.5. The number of carboxylic acids is 1. The molecular formula is C15H34O5. The lowest BCUT2D eigenvalue weighted by Crippen LogP contribution is -1.99. The quantitative estimate of drug-likeness (QED) is 0.569. The third-order valence-corrected chi connectivity index (χ3v) is 1.97. The Morgan fingerprint density at radius 1 is 1.00 bits per heavy atom. The van der Waals surface area contributed by atoms with E-state index in [4.69, 9.17) is 20.1 Å². The number of carbonyl (C=O) groups is 1. The van der Waals surface area contributed by atoms with Crippen LogP contribution in [0.5, 0.6) is 0 Å². The van der Waals surface area contributed by atoms with Gasteiger partial charge in [-0.3, -0.25) is 4.79 Å². The minimum Gasteiger partial charge on any atom is -0.481 e. The summed E-state index contributed by atoms with van der Waals surface area (Å²) in [6, 6.07) is 0. The second-order valence-corrected chi connectivity index (χ2v) is 4.76. The number of aliphatic hydroxyl groups excluding tert-OH is 2. The third-order valence-electron chi connectivity index (χ3n) is 1.97. The van der Waals surface area contributed by atoms with Gasteiger partial charge < -0.3 is 20.1 Å². The normalized spacial score (nSPS) is 9.35. The molecule has 0 spiro atoms. The van der Waals surface area contributed by atoms with Crippen LogP contribution in [0.1, 0.15) is 59.8 Å². The second-order valence-electron chi connectivity index (χ2n) is 4.76. The van der Waals surface area contributed by atoms with Crippen LogP contribution in [-0.4, -0.2) is 47.7 Å². The van der Waals surface area contributed by atoms with Crippen molar-refractivity contribution in [3.63, 3.8) is 0 Å². The second kappa shape index (κ2) is 23.4. The molecular weight excluding hydrogens is 260 g/mol. The zero-order valence-electron chi connectivity index (χ0n) is 13.6. The van der Waals surface area contributed by atoms with E-state index in [-0.39, 0.29) is 25.6 Å². The molecule has 20 heavy (non-hydrogen) atoms. The molecule has 0 atom stereocenters. The number of ether oxygens (including phenoxy) is 1. The Kier molecular flexibility index (Phi) is 28.6. The molecule has 0 aromatic carbocycles. The zero-order chi connectivity index (χ0) is 16.2. The first-order valence-electron chi connectivity index (χ1n) is 7.47. The van der Waals surface area contributed by atoms with Crippen LogP contribution >= 0.6 is 0 Å². The fourth-order valence-corrected chi connectivity index (χ4v) is 0.944. The van der Waals surface area contributed by atoms with E-state index in [1.54, 1.807) is 0 Å². The summed E-state index contributed by atoms with van der Waals surface area (Å²) in [5.74, 6) is -0.438. The number of rotatable bonds is 9. The lowest BCUT2D eigenvalue weighted by atomic mass is 10.1. The number of aliphatic carboxylic acids is 1. The first-order valence-corrected chi connectivity index (χ1v) is 7.47. The van der Waals surface area contributed by atoms with Gasteiger partial charge in [0.15, 0.2) is 0 Å². The van der Waals surface area contributed by atoms with Gasteiger partial charge in [0.25, 0.3) is 0 Å². The van der Waals surface area contributed by atoms with Crippen molar-refractivity contribution >= 4 is 5.97 Å². The van der Waals surface area contributed by atoms with Gasteiger partial charge >= 0.3 is 5.97 Å². The van der Waals surface area contributed by atoms with Gasteiger partial charge in [0.1, 0.15) is 0 Å². The smallest absolute Gasteiger partial charge is 0.303 e. The average molecular weight is 294 g/mol. The molecule has 0 radical (unpaired) electrons. The molecule has 5 heteroatoms. The minimum atomic E-state index is -0.713. The third kappa shape index (κ3) is 43.3. The Labute approximate surface area is 124 Å². The maximum absolute atomic E-state index is 9.81. The SMILES string of the molecule is CC(C)CC(=O)O.CCCCOCCCC.OCCO. The van der Waals surface area contributed by atoms with Gasteiger partial charge in [-0.05, 0) is 18.8 Å². The van der Waals surface area contributed by atoms with Crippen molar-refractivity contribution in [3.8, 4) is 0 Å². The van der Waals surface area contributed by atoms with E-state index >= 15 is 0 Å². The van der Waals surface area contributed by atoms with E-state index < -0.39 is 5.97 Å². The van der Waals surface area contributed by atoms with E-state index in [9.17, 15) is 4.79 Å². The highest BCUT2D eigenvalue weighted by Crippen LogP contribution is 1.96. The molecule has 0 bridgehead atoms. The summed E-state index contributed by atoms with van der Waals surface area (Å²) in [6.45, 7) is 9.79. The van der Waals surface area contributed by atoms with Crippen LogP contribution in [0.15, 0.2) is 0 Å². The van der Waals surface area contributed by atoms with Crippen molar-refractivity contribution < 1.29 is 24.9 Å². The van der Waals surface area contributed by atoms with E-state index in [1.165, 1.54) is 25.7 Å². The Hall–Kier alpha value is -0.650. The van der Waals surface area contributed by atoms with Crippen LogP contribution < -0.4 is 0 Å². The minimum absolute atomic E-state index is 0.125. The zero-order valence-corrected chi connectivity index (χ0v) is 13.6. The van der Waals surface area contributed by atoms with Gasteiger partial charge in [0.2, 0.25) is 0 Å². The van der Waals surface area contributed by atoms with Gasteiger partial charge in [-0.2, -0.15) is 0 Å². The number of carboxylic acid groups (broad SMARTS) is 1. The lowest BCUT2D eigenvalue weighted by molar-refractivity contribution is -0.137. The maximum atomic E-state index is 9.81. The number of hydrogen-bond donors (Lipinski definition) is 3. The fourth-order valence-electron chi connectivity index (χ4n) is 0.944. The van der Waals surface area contributed by atoms with Crippen molar-refractivity contribution in [2.75, 3.05) is 26.4 Å².